The molecule has 2 aromatic carbocycles. The SMILES string of the molecule is COc1ccccc1NC(CO)c1ccc(Br)c(Cl)c1. The van der Waals surface area contributed by atoms with Gasteiger partial charge in [0, 0.05) is 4.47 Å². The first kappa shape index (κ1) is 15.2. The molecule has 0 aliphatic rings. The van der Waals surface area contributed by atoms with Gasteiger partial charge in [-0.1, -0.05) is 29.8 Å². The number of halogens is 2. The molecule has 0 bridgehead atoms. The van der Waals surface area contributed by atoms with E-state index < -0.39 is 0 Å². The summed E-state index contributed by atoms with van der Waals surface area (Å²) in [6.07, 6.45) is 0. The number of benzene rings is 2. The zero-order valence-electron chi connectivity index (χ0n) is 10.9. The summed E-state index contributed by atoms with van der Waals surface area (Å²) in [6.45, 7) is -0.0456. The van der Waals surface area contributed by atoms with Crippen LogP contribution in [-0.4, -0.2) is 18.8 Å². The van der Waals surface area contributed by atoms with Crippen molar-refractivity contribution in [2.24, 2.45) is 0 Å². The summed E-state index contributed by atoms with van der Waals surface area (Å²) in [6, 6.07) is 12.9. The summed E-state index contributed by atoms with van der Waals surface area (Å²) in [4.78, 5) is 0. The van der Waals surface area contributed by atoms with Crippen LogP contribution in [0, 0.1) is 0 Å². The van der Waals surface area contributed by atoms with Crippen LogP contribution in [0.25, 0.3) is 0 Å². The third-order valence-corrected chi connectivity index (χ3v) is 4.20. The average Bonchev–Trinajstić information content (AvgIpc) is 2.48. The molecule has 20 heavy (non-hydrogen) atoms. The highest BCUT2D eigenvalue weighted by Crippen LogP contribution is 2.30. The molecular weight excluding hydrogens is 342 g/mol. The Labute approximate surface area is 131 Å². The van der Waals surface area contributed by atoms with Crippen LogP contribution in [0.5, 0.6) is 5.75 Å². The molecule has 5 heteroatoms. The number of ether oxygens (including phenoxy) is 1. The Hall–Kier alpha value is -1.23. The second-order valence-corrected chi connectivity index (χ2v) is 5.51. The van der Waals surface area contributed by atoms with E-state index in [-0.39, 0.29) is 12.6 Å². The summed E-state index contributed by atoms with van der Waals surface area (Å²) in [5.74, 6) is 0.731. The Morgan fingerprint density at radius 3 is 2.70 bits per heavy atom. The normalized spacial score (nSPS) is 12.0. The van der Waals surface area contributed by atoms with E-state index in [1.54, 1.807) is 7.11 Å². The lowest BCUT2D eigenvalue weighted by Gasteiger charge is -2.20. The third kappa shape index (κ3) is 3.45. The average molecular weight is 357 g/mol. The van der Waals surface area contributed by atoms with Crippen molar-refractivity contribution in [3.8, 4) is 5.75 Å². The van der Waals surface area contributed by atoms with Crippen LogP contribution < -0.4 is 10.1 Å². The zero-order chi connectivity index (χ0) is 14.5. The predicted molar refractivity (Wildman–Crippen MR) is 85.6 cm³/mol. The minimum Gasteiger partial charge on any atom is -0.495 e. The summed E-state index contributed by atoms with van der Waals surface area (Å²) in [7, 11) is 1.62. The quantitative estimate of drug-likeness (QED) is 0.841. The van der Waals surface area contributed by atoms with Crippen LogP contribution >= 0.6 is 27.5 Å². The van der Waals surface area contributed by atoms with E-state index in [2.05, 4.69) is 21.2 Å². The highest BCUT2D eigenvalue weighted by molar-refractivity contribution is 9.10. The number of para-hydroxylation sites is 2. The number of methoxy groups -OCH3 is 1. The molecule has 0 amide bonds. The Bertz CT molecular complexity index is 592. The van der Waals surface area contributed by atoms with E-state index in [1.807, 2.05) is 42.5 Å². The van der Waals surface area contributed by atoms with Crippen molar-refractivity contribution in [2.45, 2.75) is 6.04 Å². The molecule has 3 nitrogen and oxygen atoms in total. The highest BCUT2D eigenvalue weighted by atomic mass is 79.9. The fourth-order valence-electron chi connectivity index (χ4n) is 1.92. The molecule has 0 radical (unpaired) electrons. The zero-order valence-corrected chi connectivity index (χ0v) is 13.3. The maximum Gasteiger partial charge on any atom is 0.141 e. The van der Waals surface area contributed by atoms with Gasteiger partial charge in [-0.25, -0.2) is 0 Å². The van der Waals surface area contributed by atoms with E-state index >= 15 is 0 Å². The molecule has 0 saturated heterocycles. The second-order valence-electron chi connectivity index (χ2n) is 4.25. The molecule has 106 valence electrons. The molecule has 0 fully saturated rings. The molecule has 0 spiro atoms. The lowest BCUT2D eigenvalue weighted by molar-refractivity contribution is 0.276. The maximum atomic E-state index is 9.61. The Balaban J connectivity index is 2.26. The highest BCUT2D eigenvalue weighted by Gasteiger charge is 2.13. The molecule has 0 aliphatic carbocycles. The van der Waals surface area contributed by atoms with E-state index in [0.29, 0.717) is 5.02 Å². The first-order chi connectivity index (χ1) is 9.65. The molecule has 0 heterocycles. The Kier molecular flexibility index (Phi) is 5.29. The van der Waals surface area contributed by atoms with Crippen molar-refractivity contribution in [2.75, 3.05) is 19.0 Å². The summed E-state index contributed by atoms with van der Waals surface area (Å²) in [5, 5.41) is 13.5. The summed E-state index contributed by atoms with van der Waals surface area (Å²) >= 11 is 9.45. The maximum absolute atomic E-state index is 9.61. The van der Waals surface area contributed by atoms with Gasteiger partial charge in [-0.15, -0.1) is 0 Å². The van der Waals surface area contributed by atoms with Crippen molar-refractivity contribution in [3.05, 3.63) is 57.5 Å². The van der Waals surface area contributed by atoms with Crippen molar-refractivity contribution < 1.29 is 9.84 Å². The lowest BCUT2D eigenvalue weighted by atomic mass is 10.1. The van der Waals surface area contributed by atoms with Gasteiger partial charge in [-0.05, 0) is 45.8 Å². The fourth-order valence-corrected chi connectivity index (χ4v) is 2.35. The van der Waals surface area contributed by atoms with E-state index in [4.69, 9.17) is 16.3 Å². The smallest absolute Gasteiger partial charge is 0.141 e. The number of anilines is 1. The van der Waals surface area contributed by atoms with E-state index in [1.165, 1.54) is 0 Å². The number of hydrogen-bond donors (Lipinski definition) is 2. The van der Waals surface area contributed by atoms with Crippen LogP contribution in [0.2, 0.25) is 5.02 Å². The van der Waals surface area contributed by atoms with Gasteiger partial charge in [0.05, 0.1) is 30.5 Å². The molecule has 2 aromatic rings. The molecule has 1 unspecified atom stereocenters. The summed E-state index contributed by atoms with van der Waals surface area (Å²) in [5.41, 5.74) is 1.74. The van der Waals surface area contributed by atoms with Gasteiger partial charge >= 0.3 is 0 Å². The van der Waals surface area contributed by atoms with Crippen molar-refractivity contribution in [1.82, 2.24) is 0 Å². The number of aliphatic hydroxyl groups excluding tert-OH is 1. The van der Waals surface area contributed by atoms with Gasteiger partial charge in [-0.2, -0.15) is 0 Å². The van der Waals surface area contributed by atoms with E-state index in [9.17, 15) is 5.11 Å². The number of nitrogens with one attached hydrogen (secondary N) is 1. The largest absolute Gasteiger partial charge is 0.495 e. The van der Waals surface area contributed by atoms with Gasteiger partial charge in [-0.3, -0.25) is 0 Å². The Morgan fingerprint density at radius 1 is 1.30 bits per heavy atom. The molecule has 2 N–H and O–H groups in total. The molecule has 0 saturated carbocycles. The van der Waals surface area contributed by atoms with Gasteiger partial charge < -0.3 is 15.2 Å². The van der Waals surface area contributed by atoms with Crippen molar-refractivity contribution in [1.29, 1.82) is 0 Å². The third-order valence-electron chi connectivity index (χ3n) is 2.97. The lowest BCUT2D eigenvalue weighted by Crippen LogP contribution is -2.15. The predicted octanol–water partition coefficient (Wildman–Crippen LogP) is 4.26. The van der Waals surface area contributed by atoms with Crippen LogP contribution in [-0.2, 0) is 0 Å². The summed E-state index contributed by atoms with van der Waals surface area (Å²) < 4.78 is 6.12. The van der Waals surface area contributed by atoms with Crippen molar-refractivity contribution >= 4 is 33.2 Å². The number of rotatable bonds is 5. The molecule has 0 aromatic heterocycles. The van der Waals surface area contributed by atoms with Gasteiger partial charge in [0.2, 0.25) is 0 Å². The first-order valence-corrected chi connectivity index (χ1v) is 7.28. The Morgan fingerprint density at radius 2 is 2.05 bits per heavy atom. The van der Waals surface area contributed by atoms with Crippen LogP contribution in [0.1, 0.15) is 11.6 Å². The molecule has 0 aliphatic heterocycles. The topological polar surface area (TPSA) is 41.5 Å². The van der Waals surface area contributed by atoms with Crippen molar-refractivity contribution in [3.63, 3.8) is 0 Å². The monoisotopic (exact) mass is 355 g/mol. The first-order valence-electron chi connectivity index (χ1n) is 6.11. The minimum absolute atomic E-state index is 0.0456. The van der Waals surface area contributed by atoms with Gasteiger partial charge in [0.25, 0.3) is 0 Å². The minimum atomic E-state index is -0.253. The number of hydrogen-bond acceptors (Lipinski definition) is 3. The van der Waals surface area contributed by atoms with Gasteiger partial charge in [0.15, 0.2) is 0 Å². The van der Waals surface area contributed by atoms with Crippen LogP contribution in [0.3, 0.4) is 0 Å². The standard InChI is InChI=1S/C15H15BrClNO2/c1-20-15-5-3-2-4-13(15)18-14(9-19)10-6-7-11(16)12(17)8-10/h2-8,14,18-19H,9H2,1H3. The number of aliphatic hydroxyl groups is 1. The van der Waals surface area contributed by atoms with Crippen LogP contribution in [0.4, 0.5) is 5.69 Å². The molecular formula is C15H15BrClNO2. The second kappa shape index (κ2) is 6.97. The van der Waals surface area contributed by atoms with E-state index in [0.717, 1.165) is 21.5 Å². The van der Waals surface area contributed by atoms with Gasteiger partial charge in [0.1, 0.15) is 5.75 Å². The fraction of sp³-hybridized carbons (Fsp3) is 0.200. The van der Waals surface area contributed by atoms with Crippen LogP contribution in [0.15, 0.2) is 46.9 Å². The molecule has 2 rings (SSSR count). The molecule has 1 atom stereocenters.